The van der Waals surface area contributed by atoms with Crippen LogP contribution in [0, 0.1) is 0 Å². The van der Waals surface area contributed by atoms with E-state index in [1.807, 2.05) is 30.3 Å². The molecule has 4 rings (SSSR count). The van der Waals surface area contributed by atoms with Gasteiger partial charge in [0.2, 0.25) is 0 Å². The second-order valence-corrected chi connectivity index (χ2v) is 5.35. The Morgan fingerprint density at radius 2 is 1.30 bits per heavy atom. The third-order valence-electron chi connectivity index (χ3n) is 4.28. The zero-order valence-corrected chi connectivity index (χ0v) is 11.1. The number of rotatable bonds is 0. The third-order valence-corrected chi connectivity index (χ3v) is 4.28. The van der Waals surface area contributed by atoms with Crippen LogP contribution < -0.4 is 0 Å². The zero-order chi connectivity index (χ0) is 13.7. The molecule has 2 aliphatic rings. The fraction of sp³-hybridized carbons (Fsp3) is 0.105. The van der Waals surface area contributed by atoms with Gasteiger partial charge in [0.15, 0.2) is 5.78 Å². The van der Waals surface area contributed by atoms with Gasteiger partial charge in [-0.05, 0) is 39.8 Å². The van der Waals surface area contributed by atoms with Gasteiger partial charge in [-0.2, -0.15) is 0 Å². The molecule has 0 atom stereocenters. The Balaban J connectivity index is 2.16. The molecule has 2 aromatic rings. The number of allylic oxidation sites excluding steroid dienone is 2. The largest absolute Gasteiger partial charge is 0.294 e. The smallest absolute Gasteiger partial charge is 0.164 e. The van der Waals surface area contributed by atoms with E-state index in [2.05, 4.69) is 24.8 Å². The van der Waals surface area contributed by atoms with Crippen molar-refractivity contribution in [3.63, 3.8) is 0 Å². The number of benzene rings is 2. The molecule has 2 aliphatic carbocycles. The topological polar surface area (TPSA) is 17.1 Å². The minimum absolute atomic E-state index is 0.261. The van der Waals surface area contributed by atoms with Crippen LogP contribution in [0.4, 0.5) is 0 Å². The lowest BCUT2D eigenvalue weighted by Crippen LogP contribution is -1.98. The Morgan fingerprint density at radius 3 is 2.00 bits per heavy atom. The van der Waals surface area contributed by atoms with Crippen LogP contribution in [0.1, 0.15) is 35.1 Å². The van der Waals surface area contributed by atoms with E-state index in [1.54, 1.807) is 0 Å². The summed E-state index contributed by atoms with van der Waals surface area (Å²) in [6, 6.07) is 16.4. The van der Waals surface area contributed by atoms with Crippen LogP contribution in [0.25, 0.3) is 16.7 Å². The van der Waals surface area contributed by atoms with E-state index in [9.17, 15) is 4.79 Å². The van der Waals surface area contributed by atoms with Gasteiger partial charge in [-0.15, -0.1) is 0 Å². The summed E-state index contributed by atoms with van der Waals surface area (Å²) in [4.78, 5) is 12.4. The molecule has 1 heteroatoms. The van der Waals surface area contributed by atoms with Crippen LogP contribution in [0.2, 0.25) is 0 Å². The summed E-state index contributed by atoms with van der Waals surface area (Å²) < 4.78 is 0. The summed E-state index contributed by atoms with van der Waals surface area (Å²) in [5.74, 6) is 0.261. The number of carbonyl (C=O) groups excluding carboxylic acids is 1. The van der Waals surface area contributed by atoms with Crippen molar-refractivity contribution in [3.8, 4) is 0 Å². The minimum Gasteiger partial charge on any atom is -0.294 e. The maximum absolute atomic E-state index is 12.4. The highest BCUT2D eigenvalue weighted by Crippen LogP contribution is 2.45. The first-order valence-electron chi connectivity index (χ1n) is 6.92. The number of hydrogen-bond donors (Lipinski definition) is 0. The average molecular weight is 258 g/mol. The summed E-state index contributed by atoms with van der Waals surface area (Å²) in [5, 5.41) is 0. The summed E-state index contributed by atoms with van der Waals surface area (Å²) >= 11 is 0. The molecule has 0 N–H and O–H groups in total. The van der Waals surface area contributed by atoms with E-state index < -0.39 is 0 Å². The van der Waals surface area contributed by atoms with Crippen LogP contribution in [-0.4, -0.2) is 5.78 Å². The van der Waals surface area contributed by atoms with Gasteiger partial charge in [-0.25, -0.2) is 0 Å². The molecule has 0 bridgehead atoms. The van der Waals surface area contributed by atoms with Crippen molar-refractivity contribution in [1.82, 2.24) is 0 Å². The number of fused-ring (bicyclic) bond motifs is 4. The van der Waals surface area contributed by atoms with E-state index in [0.29, 0.717) is 6.42 Å². The van der Waals surface area contributed by atoms with Crippen molar-refractivity contribution in [2.45, 2.75) is 12.8 Å². The molecule has 0 saturated heterocycles. The highest BCUT2D eigenvalue weighted by molar-refractivity contribution is 6.33. The molecular formula is C19H14O. The van der Waals surface area contributed by atoms with Crippen molar-refractivity contribution in [1.29, 1.82) is 0 Å². The molecule has 96 valence electrons. The van der Waals surface area contributed by atoms with E-state index in [-0.39, 0.29) is 5.78 Å². The molecule has 1 nitrogen and oxygen atoms in total. The lowest BCUT2D eigenvalue weighted by Gasteiger charge is -2.11. The number of carbonyl (C=O) groups is 1. The quantitative estimate of drug-likeness (QED) is 0.687. The monoisotopic (exact) mass is 258 g/mol. The van der Waals surface area contributed by atoms with Gasteiger partial charge in [-0.3, -0.25) is 4.79 Å². The van der Waals surface area contributed by atoms with Gasteiger partial charge in [0.1, 0.15) is 0 Å². The van der Waals surface area contributed by atoms with Crippen molar-refractivity contribution >= 4 is 22.5 Å². The summed E-state index contributed by atoms with van der Waals surface area (Å²) in [6.07, 6.45) is 1.46. The van der Waals surface area contributed by atoms with Gasteiger partial charge < -0.3 is 0 Å². The molecule has 0 heterocycles. The molecule has 0 aliphatic heterocycles. The van der Waals surface area contributed by atoms with Crippen molar-refractivity contribution in [2.24, 2.45) is 0 Å². The summed E-state index contributed by atoms with van der Waals surface area (Å²) in [6.45, 7) is 4.27. The number of hydrogen-bond acceptors (Lipinski definition) is 1. The molecule has 0 radical (unpaired) electrons. The predicted octanol–water partition coefficient (Wildman–Crippen LogP) is 4.34. The summed E-state index contributed by atoms with van der Waals surface area (Å²) in [5.41, 5.74) is 7.57. The second kappa shape index (κ2) is 4.04. The van der Waals surface area contributed by atoms with Crippen LogP contribution in [0.3, 0.4) is 0 Å². The van der Waals surface area contributed by atoms with E-state index >= 15 is 0 Å². The lowest BCUT2D eigenvalue weighted by molar-refractivity contribution is -0.113. The third kappa shape index (κ3) is 1.41. The highest BCUT2D eigenvalue weighted by Gasteiger charge is 2.31. The average Bonchev–Trinajstić information content (AvgIpc) is 2.83. The van der Waals surface area contributed by atoms with E-state index in [1.165, 1.54) is 11.1 Å². The van der Waals surface area contributed by atoms with Crippen molar-refractivity contribution in [2.75, 3.05) is 0 Å². The molecule has 0 unspecified atom stereocenters. The Hall–Kier alpha value is -2.41. The number of Topliss-reactive ketones (excluding diaryl/α,β-unsaturated/α-hetero) is 1. The molecule has 20 heavy (non-hydrogen) atoms. The normalized spacial score (nSPS) is 16.6. The van der Waals surface area contributed by atoms with Crippen LogP contribution in [0.5, 0.6) is 0 Å². The van der Waals surface area contributed by atoms with Crippen LogP contribution >= 0.6 is 0 Å². The number of ketones is 1. The standard InChI is InChI=1S/C19H14O/c1-12-13-6-2-4-8-15(13)17-10-11-18(20)19(17)16-9-5-3-7-14(12)16/h2-9H,1,10-11H2. The van der Waals surface area contributed by atoms with Crippen LogP contribution in [-0.2, 0) is 4.79 Å². The lowest BCUT2D eigenvalue weighted by atomic mass is 9.92. The van der Waals surface area contributed by atoms with Crippen molar-refractivity contribution in [3.05, 3.63) is 77.4 Å². The first-order chi connectivity index (χ1) is 9.77. The van der Waals surface area contributed by atoms with Gasteiger partial charge in [-0.1, -0.05) is 55.1 Å². The molecule has 0 saturated carbocycles. The first-order valence-corrected chi connectivity index (χ1v) is 6.92. The zero-order valence-electron chi connectivity index (χ0n) is 11.1. The maximum Gasteiger partial charge on any atom is 0.164 e. The maximum atomic E-state index is 12.4. The Morgan fingerprint density at radius 1 is 0.750 bits per heavy atom. The highest BCUT2D eigenvalue weighted by atomic mass is 16.1. The van der Waals surface area contributed by atoms with Gasteiger partial charge >= 0.3 is 0 Å². The predicted molar refractivity (Wildman–Crippen MR) is 82.1 cm³/mol. The summed E-state index contributed by atoms with van der Waals surface area (Å²) in [7, 11) is 0. The molecule has 0 amide bonds. The molecule has 0 spiro atoms. The fourth-order valence-electron chi connectivity index (χ4n) is 3.36. The second-order valence-electron chi connectivity index (χ2n) is 5.35. The first kappa shape index (κ1) is 11.4. The van der Waals surface area contributed by atoms with Crippen LogP contribution in [0.15, 0.2) is 55.1 Å². The van der Waals surface area contributed by atoms with Gasteiger partial charge in [0.05, 0.1) is 0 Å². The van der Waals surface area contributed by atoms with E-state index in [4.69, 9.17) is 0 Å². The van der Waals surface area contributed by atoms with Gasteiger partial charge in [0, 0.05) is 12.0 Å². The Bertz CT molecular complexity index is 793. The van der Waals surface area contributed by atoms with Crippen molar-refractivity contribution < 1.29 is 4.79 Å². The van der Waals surface area contributed by atoms with Gasteiger partial charge in [0.25, 0.3) is 0 Å². The minimum atomic E-state index is 0.261. The fourth-order valence-corrected chi connectivity index (χ4v) is 3.36. The van der Waals surface area contributed by atoms with E-state index in [0.717, 1.165) is 34.3 Å². The molecule has 2 aromatic carbocycles. The molecule has 0 aromatic heterocycles. The molecule has 0 fully saturated rings. The SMILES string of the molecule is C=C1c2ccccc2C2=C(C(=O)CC2)c2ccccc21. The Kier molecular flexibility index (Phi) is 2.31. The Labute approximate surface area is 118 Å². The molecular weight excluding hydrogens is 244 g/mol.